The Morgan fingerprint density at radius 2 is 1.90 bits per heavy atom. The van der Waals surface area contributed by atoms with Crippen molar-refractivity contribution >= 4 is 11.9 Å². The Morgan fingerprint density at radius 3 is 2.45 bits per heavy atom. The molecule has 1 heterocycles. The molecule has 0 aliphatic heterocycles. The molecule has 5 nitrogen and oxygen atoms in total. The zero-order valence-corrected chi connectivity index (χ0v) is 11.7. The van der Waals surface area contributed by atoms with Crippen LogP contribution in [0.5, 0.6) is 0 Å². The molecule has 5 heteroatoms. The van der Waals surface area contributed by atoms with E-state index in [2.05, 4.69) is 4.98 Å². The minimum absolute atomic E-state index is 0.101. The van der Waals surface area contributed by atoms with Crippen molar-refractivity contribution in [3.05, 3.63) is 30.1 Å². The van der Waals surface area contributed by atoms with Crippen molar-refractivity contribution in [1.29, 1.82) is 0 Å². The van der Waals surface area contributed by atoms with Gasteiger partial charge >= 0.3 is 5.97 Å². The van der Waals surface area contributed by atoms with Gasteiger partial charge in [-0.25, -0.2) is 0 Å². The molecule has 1 aromatic rings. The molecule has 0 spiro atoms. The molecular weight excluding hydrogens is 256 g/mol. The van der Waals surface area contributed by atoms with Gasteiger partial charge in [0.2, 0.25) is 5.91 Å². The van der Waals surface area contributed by atoms with Gasteiger partial charge in [0.15, 0.2) is 0 Å². The highest BCUT2D eigenvalue weighted by Crippen LogP contribution is 2.41. The molecule has 0 unspecified atom stereocenters. The summed E-state index contributed by atoms with van der Waals surface area (Å²) in [5.74, 6) is -0.938. The molecule has 1 fully saturated rings. The molecule has 1 N–H and O–H groups in total. The maximum atomic E-state index is 12.3. The second-order valence-electron chi connectivity index (χ2n) is 5.57. The summed E-state index contributed by atoms with van der Waals surface area (Å²) in [6.45, 7) is 0.483. The Morgan fingerprint density at radius 1 is 1.30 bits per heavy atom. The fourth-order valence-electron chi connectivity index (χ4n) is 2.79. The molecule has 1 aliphatic rings. The van der Waals surface area contributed by atoms with E-state index in [4.69, 9.17) is 0 Å². The summed E-state index contributed by atoms with van der Waals surface area (Å²) in [5, 5.41) is 9.41. The smallest absolute Gasteiger partial charge is 0.310 e. The van der Waals surface area contributed by atoms with Gasteiger partial charge < -0.3 is 10.0 Å². The van der Waals surface area contributed by atoms with Crippen molar-refractivity contribution in [2.75, 3.05) is 7.05 Å². The lowest BCUT2D eigenvalue weighted by molar-refractivity contribution is -0.153. The number of hydrogen-bond acceptors (Lipinski definition) is 3. The van der Waals surface area contributed by atoms with E-state index >= 15 is 0 Å². The van der Waals surface area contributed by atoms with Crippen LogP contribution >= 0.6 is 0 Å². The predicted molar refractivity (Wildman–Crippen MR) is 73.9 cm³/mol. The van der Waals surface area contributed by atoms with Gasteiger partial charge in [-0.05, 0) is 30.5 Å². The highest BCUT2D eigenvalue weighted by atomic mass is 16.4. The van der Waals surface area contributed by atoms with Crippen LogP contribution in [0.15, 0.2) is 24.5 Å². The summed E-state index contributed by atoms with van der Waals surface area (Å²) in [6, 6.07) is 3.71. The fraction of sp³-hybridized carbons (Fsp3) is 0.533. The molecule has 2 rings (SSSR count). The molecule has 1 amide bonds. The molecule has 1 aromatic heterocycles. The summed E-state index contributed by atoms with van der Waals surface area (Å²) in [4.78, 5) is 29.3. The SMILES string of the molecule is CN(Cc1ccncc1)C(=O)CC1(C(=O)O)CCCC1. The molecule has 0 aromatic carbocycles. The van der Waals surface area contributed by atoms with Crippen LogP contribution in [0, 0.1) is 5.41 Å². The third-order valence-corrected chi connectivity index (χ3v) is 4.10. The Balaban J connectivity index is 1.98. The van der Waals surface area contributed by atoms with Crippen LogP contribution in [0.3, 0.4) is 0 Å². The van der Waals surface area contributed by atoms with E-state index in [1.165, 1.54) is 0 Å². The van der Waals surface area contributed by atoms with E-state index in [-0.39, 0.29) is 12.3 Å². The highest BCUT2D eigenvalue weighted by molar-refractivity contribution is 5.85. The lowest BCUT2D eigenvalue weighted by Gasteiger charge is -2.26. The average molecular weight is 276 g/mol. The number of nitrogens with zero attached hydrogens (tertiary/aromatic N) is 2. The fourth-order valence-corrected chi connectivity index (χ4v) is 2.79. The van der Waals surface area contributed by atoms with Crippen LogP contribution in [-0.2, 0) is 16.1 Å². The first-order valence-electron chi connectivity index (χ1n) is 6.90. The summed E-state index contributed by atoms with van der Waals surface area (Å²) in [5.41, 5.74) is 0.149. The number of hydrogen-bond donors (Lipinski definition) is 1. The number of aromatic nitrogens is 1. The first-order valence-corrected chi connectivity index (χ1v) is 6.90. The van der Waals surface area contributed by atoms with Crippen molar-refractivity contribution < 1.29 is 14.7 Å². The third kappa shape index (κ3) is 3.15. The molecule has 1 saturated carbocycles. The number of carbonyl (C=O) groups is 2. The van der Waals surface area contributed by atoms with Crippen molar-refractivity contribution in [2.24, 2.45) is 5.41 Å². The van der Waals surface area contributed by atoms with Gasteiger partial charge in [0, 0.05) is 32.4 Å². The van der Waals surface area contributed by atoms with E-state index in [0.29, 0.717) is 19.4 Å². The number of amides is 1. The molecule has 0 radical (unpaired) electrons. The van der Waals surface area contributed by atoms with Gasteiger partial charge in [-0.2, -0.15) is 0 Å². The van der Waals surface area contributed by atoms with Gasteiger partial charge in [-0.15, -0.1) is 0 Å². The van der Waals surface area contributed by atoms with Crippen molar-refractivity contribution in [2.45, 2.75) is 38.6 Å². The first kappa shape index (κ1) is 14.5. The van der Waals surface area contributed by atoms with Gasteiger partial charge in [0.05, 0.1) is 5.41 Å². The molecule has 20 heavy (non-hydrogen) atoms. The molecule has 0 atom stereocenters. The second-order valence-corrected chi connectivity index (χ2v) is 5.57. The molecule has 1 aliphatic carbocycles. The summed E-state index contributed by atoms with van der Waals surface area (Å²) in [6.07, 6.45) is 6.48. The van der Waals surface area contributed by atoms with E-state index in [0.717, 1.165) is 18.4 Å². The number of carboxylic acid groups (broad SMARTS) is 1. The molecular formula is C15H20N2O3. The monoisotopic (exact) mass is 276 g/mol. The molecule has 108 valence electrons. The molecule has 0 saturated heterocycles. The first-order chi connectivity index (χ1) is 9.53. The zero-order valence-electron chi connectivity index (χ0n) is 11.7. The Labute approximate surface area is 118 Å². The van der Waals surface area contributed by atoms with Crippen LogP contribution in [0.1, 0.15) is 37.7 Å². The normalized spacial score (nSPS) is 16.9. The van der Waals surface area contributed by atoms with Crippen LogP contribution in [0.25, 0.3) is 0 Å². The largest absolute Gasteiger partial charge is 0.481 e. The average Bonchev–Trinajstić information content (AvgIpc) is 2.89. The van der Waals surface area contributed by atoms with Crippen molar-refractivity contribution in [1.82, 2.24) is 9.88 Å². The quantitative estimate of drug-likeness (QED) is 0.893. The Bertz CT molecular complexity index is 481. The summed E-state index contributed by atoms with van der Waals surface area (Å²) >= 11 is 0. The topological polar surface area (TPSA) is 70.5 Å². The number of aliphatic carboxylic acids is 1. The minimum atomic E-state index is -0.844. The van der Waals surface area contributed by atoms with E-state index in [1.54, 1.807) is 24.3 Å². The predicted octanol–water partition coefficient (Wildman–Crippen LogP) is 2.08. The third-order valence-electron chi connectivity index (χ3n) is 4.10. The van der Waals surface area contributed by atoms with Crippen molar-refractivity contribution in [3.63, 3.8) is 0 Å². The second kappa shape index (κ2) is 6.03. The van der Waals surface area contributed by atoms with E-state index in [1.807, 2.05) is 12.1 Å². The van der Waals surface area contributed by atoms with Crippen LogP contribution in [0.4, 0.5) is 0 Å². The minimum Gasteiger partial charge on any atom is -0.481 e. The highest BCUT2D eigenvalue weighted by Gasteiger charge is 2.43. The Kier molecular flexibility index (Phi) is 4.37. The van der Waals surface area contributed by atoms with Crippen LogP contribution in [-0.4, -0.2) is 33.9 Å². The zero-order chi connectivity index (χ0) is 14.6. The van der Waals surface area contributed by atoms with E-state index in [9.17, 15) is 14.7 Å². The lowest BCUT2D eigenvalue weighted by atomic mass is 9.82. The van der Waals surface area contributed by atoms with Crippen LogP contribution in [0.2, 0.25) is 0 Å². The number of carboxylic acids is 1. The van der Waals surface area contributed by atoms with Gasteiger partial charge in [0.25, 0.3) is 0 Å². The number of pyridine rings is 1. The maximum Gasteiger partial charge on any atom is 0.310 e. The summed E-state index contributed by atoms with van der Waals surface area (Å²) < 4.78 is 0. The number of rotatable bonds is 5. The molecule has 0 bridgehead atoms. The number of carbonyl (C=O) groups excluding carboxylic acids is 1. The van der Waals surface area contributed by atoms with Gasteiger partial charge in [0.1, 0.15) is 0 Å². The van der Waals surface area contributed by atoms with Gasteiger partial charge in [-0.3, -0.25) is 14.6 Å². The van der Waals surface area contributed by atoms with E-state index < -0.39 is 11.4 Å². The van der Waals surface area contributed by atoms with Crippen LogP contribution < -0.4 is 0 Å². The Hall–Kier alpha value is -1.91. The summed E-state index contributed by atoms with van der Waals surface area (Å²) in [7, 11) is 1.72. The lowest BCUT2D eigenvalue weighted by Crippen LogP contribution is -2.36. The maximum absolute atomic E-state index is 12.3. The van der Waals surface area contributed by atoms with Crippen molar-refractivity contribution in [3.8, 4) is 0 Å². The standard InChI is InChI=1S/C15H20N2O3/c1-17(11-12-4-8-16-9-5-12)13(18)10-15(14(19)20)6-2-3-7-15/h4-5,8-9H,2-3,6-7,10-11H2,1H3,(H,19,20). The van der Waals surface area contributed by atoms with Gasteiger partial charge in [-0.1, -0.05) is 12.8 Å².